The van der Waals surface area contributed by atoms with Crippen LogP contribution in [0.3, 0.4) is 0 Å². The SMILES string of the molecule is Cc1ccc(CN2CCN(c3c(C)n(Cc4c(F)cccc4F)c(=O)n(C[C@H](N)c4ccccc4)c3=O)CC2)cc1. The first-order chi connectivity index (χ1) is 19.7. The fraction of sp³-hybridized carbons (Fsp3) is 0.312. The number of halogens is 2. The zero-order valence-corrected chi connectivity index (χ0v) is 23.4. The van der Waals surface area contributed by atoms with Crippen molar-refractivity contribution in [3.8, 4) is 0 Å². The third-order valence-electron chi connectivity index (χ3n) is 7.86. The molecule has 2 N–H and O–H groups in total. The molecule has 0 radical (unpaired) electrons. The first-order valence-corrected chi connectivity index (χ1v) is 13.8. The van der Waals surface area contributed by atoms with Crippen molar-refractivity contribution in [1.29, 1.82) is 0 Å². The monoisotopic (exact) mass is 559 g/mol. The second-order valence-corrected chi connectivity index (χ2v) is 10.7. The van der Waals surface area contributed by atoms with Gasteiger partial charge in [0.15, 0.2) is 0 Å². The zero-order chi connectivity index (χ0) is 29.1. The molecule has 1 aliphatic heterocycles. The average Bonchev–Trinajstić information content (AvgIpc) is 2.97. The van der Waals surface area contributed by atoms with Crippen molar-refractivity contribution in [3.05, 3.63) is 133 Å². The van der Waals surface area contributed by atoms with E-state index in [2.05, 4.69) is 36.1 Å². The number of nitrogens with two attached hydrogens (primary N) is 1. The fourth-order valence-electron chi connectivity index (χ4n) is 5.42. The van der Waals surface area contributed by atoms with Gasteiger partial charge in [0.1, 0.15) is 17.3 Å². The largest absolute Gasteiger partial charge is 0.363 e. The number of piperazine rings is 1. The molecule has 3 aromatic carbocycles. The summed E-state index contributed by atoms with van der Waals surface area (Å²) in [5.74, 6) is -1.50. The Morgan fingerprint density at radius 3 is 2.05 bits per heavy atom. The van der Waals surface area contributed by atoms with Crippen LogP contribution in [-0.2, 0) is 19.6 Å². The van der Waals surface area contributed by atoms with E-state index < -0.39 is 28.9 Å². The molecule has 41 heavy (non-hydrogen) atoms. The van der Waals surface area contributed by atoms with Crippen LogP contribution in [0.5, 0.6) is 0 Å². The minimum Gasteiger partial charge on any atom is -0.363 e. The summed E-state index contributed by atoms with van der Waals surface area (Å²) in [6.07, 6.45) is 0. The van der Waals surface area contributed by atoms with Crippen LogP contribution in [-0.4, -0.2) is 40.2 Å². The summed E-state index contributed by atoms with van der Waals surface area (Å²) in [6, 6.07) is 20.6. The van der Waals surface area contributed by atoms with Gasteiger partial charge in [0.05, 0.1) is 13.1 Å². The number of rotatable bonds is 8. The van der Waals surface area contributed by atoms with Crippen molar-refractivity contribution >= 4 is 5.69 Å². The lowest BCUT2D eigenvalue weighted by Crippen LogP contribution is -2.51. The Bertz CT molecular complexity index is 1610. The van der Waals surface area contributed by atoms with Crippen molar-refractivity contribution in [1.82, 2.24) is 14.0 Å². The number of nitrogens with zero attached hydrogens (tertiary/aromatic N) is 4. The molecule has 0 unspecified atom stereocenters. The van der Waals surface area contributed by atoms with E-state index in [0.29, 0.717) is 24.5 Å². The van der Waals surface area contributed by atoms with Crippen molar-refractivity contribution in [2.45, 2.75) is 39.5 Å². The van der Waals surface area contributed by atoms with Crippen LogP contribution in [0, 0.1) is 25.5 Å². The minimum absolute atomic E-state index is 0.0674. The van der Waals surface area contributed by atoms with Gasteiger partial charge >= 0.3 is 5.69 Å². The molecule has 0 spiro atoms. The average molecular weight is 560 g/mol. The number of hydrogen-bond acceptors (Lipinski definition) is 5. The summed E-state index contributed by atoms with van der Waals surface area (Å²) in [4.78, 5) is 31.9. The van der Waals surface area contributed by atoms with E-state index in [1.54, 1.807) is 6.92 Å². The van der Waals surface area contributed by atoms with Crippen LogP contribution >= 0.6 is 0 Å². The Balaban J connectivity index is 1.49. The fourth-order valence-corrected chi connectivity index (χ4v) is 5.42. The lowest BCUT2D eigenvalue weighted by Gasteiger charge is -2.37. The summed E-state index contributed by atoms with van der Waals surface area (Å²) in [5, 5.41) is 0. The molecule has 0 saturated carbocycles. The Morgan fingerprint density at radius 2 is 1.41 bits per heavy atom. The Labute approximate surface area is 238 Å². The quantitative estimate of drug-likeness (QED) is 0.354. The molecule has 1 aliphatic rings. The predicted octanol–water partition coefficient (Wildman–Crippen LogP) is 3.98. The topological polar surface area (TPSA) is 76.5 Å². The molecule has 0 amide bonds. The first kappa shape index (κ1) is 28.4. The van der Waals surface area contributed by atoms with Gasteiger partial charge in [-0.25, -0.2) is 13.6 Å². The molecule has 214 valence electrons. The molecular formula is C32H35F2N5O2. The highest BCUT2D eigenvalue weighted by Gasteiger charge is 2.26. The second kappa shape index (κ2) is 12.2. The third kappa shape index (κ3) is 6.16. The van der Waals surface area contributed by atoms with E-state index in [1.807, 2.05) is 35.2 Å². The lowest BCUT2D eigenvalue weighted by molar-refractivity contribution is 0.249. The van der Waals surface area contributed by atoms with Crippen LogP contribution in [0.4, 0.5) is 14.5 Å². The van der Waals surface area contributed by atoms with E-state index in [0.717, 1.165) is 41.9 Å². The number of hydrogen-bond donors (Lipinski definition) is 1. The Morgan fingerprint density at radius 1 is 0.780 bits per heavy atom. The molecule has 5 rings (SSSR count). The van der Waals surface area contributed by atoms with Gasteiger partial charge in [-0.05, 0) is 37.1 Å². The highest BCUT2D eigenvalue weighted by Crippen LogP contribution is 2.21. The minimum atomic E-state index is -0.749. The molecule has 2 heterocycles. The maximum Gasteiger partial charge on any atom is 0.331 e. The summed E-state index contributed by atoms with van der Waals surface area (Å²) < 4.78 is 31.7. The number of aryl methyl sites for hydroxylation is 1. The lowest BCUT2D eigenvalue weighted by atomic mass is 10.1. The highest BCUT2D eigenvalue weighted by atomic mass is 19.1. The van der Waals surface area contributed by atoms with Gasteiger partial charge in [-0.1, -0.05) is 66.2 Å². The number of benzene rings is 3. The maximum atomic E-state index is 14.7. The summed E-state index contributed by atoms with van der Waals surface area (Å²) in [5.41, 5.74) is 9.04. The second-order valence-electron chi connectivity index (χ2n) is 10.7. The maximum absolute atomic E-state index is 14.7. The molecule has 4 aromatic rings. The van der Waals surface area contributed by atoms with Gasteiger partial charge in [-0.15, -0.1) is 0 Å². The molecule has 9 heteroatoms. The van der Waals surface area contributed by atoms with Gasteiger partial charge in [0.25, 0.3) is 5.56 Å². The van der Waals surface area contributed by atoms with Gasteiger partial charge < -0.3 is 10.6 Å². The van der Waals surface area contributed by atoms with E-state index >= 15 is 0 Å². The van der Waals surface area contributed by atoms with Gasteiger partial charge in [0, 0.05) is 50.0 Å². The summed E-state index contributed by atoms with van der Waals surface area (Å²) in [7, 11) is 0. The van der Waals surface area contributed by atoms with E-state index in [-0.39, 0.29) is 18.7 Å². The molecule has 0 aliphatic carbocycles. The van der Waals surface area contributed by atoms with E-state index in [9.17, 15) is 18.4 Å². The van der Waals surface area contributed by atoms with E-state index in [1.165, 1.54) is 21.8 Å². The van der Waals surface area contributed by atoms with Crippen LogP contribution in [0.1, 0.15) is 34.0 Å². The molecule has 7 nitrogen and oxygen atoms in total. The number of anilines is 1. The highest BCUT2D eigenvalue weighted by molar-refractivity contribution is 5.50. The Hall–Kier alpha value is -4.08. The van der Waals surface area contributed by atoms with Crippen molar-refractivity contribution in [3.63, 3.8) is 0 Å². The molecule has 1 aromatic heterocycles. The van der Waals surface area contributed by atoms with Crippen LogP contribution in [0.25, 0.3) is 0 Å². The van der Waals surface area contributed by atoms with E-state index in [4.69, 9.17) is 5.73 Å². The van der Waals surface area contributed by atoms with Gasteiger partial charge in [-0.2, -0.15) is 0 Å². The summed E-state index contributed by atoms with van der Waals surface area (Å²) in [6.45, 7) is 6.69. The molecule has 1 fully saturated rings. The van der Waals surface area contributed by atoms with Crippen LogP contribution in [0.15, 0.2) is 82.4 Å². The van der Waals surface area contributed by atoms with Crippen molar-refractivity contribution in [2.75, 3.05) is 31.1 Å². The molecule has 1 atom stereocenters. The first-order valence-electron chi connectivity index (χ1n) is 13.8. The predicted molar refractivity (Wildman–Crippen MR) is 157 cm³/mol. The van der Waals surface area contributed by atoms with Crippen LogP contribution < -0.4 is 21.9 Å². The Kier molecular flexibility index (Phi) is 8.46. The third-order valence-corrected chi connectivity index (χ3v) is 7.86. The van der Waals surface area contributed by atoms with Crippen molar-refractivity contribution in [2.24, 2.45) is 5.73 Å². The smallest absolute Gasteiger partial charge is 0.331 e. The van der Waals surface area contributed by atoms with Crippen molar-refractivity contribution < 1.29 is 8.78 Å². The molecular weight excluding hydrogens is 524 g/mol. The standard InChI is InChI=1S/C32H35F2N5O2/c1-22-11-13-24(14-12-22)19-36-15-17-37(18-16-36)30-23(2)38(20-26-27(33)9-6-10-28(26)34)32(41)39(31(30)40)21-29(35)25-7-4-3-5-8-25/h3-14,29H,15-21,35H2,1-2H3/t29-/m0/s1. The van der Waals surface area contributed by atoms with Crippen LogP contribution in [0.2, 0.25) is 0 Å². The zero-order valence-electron chi connectivity index (χ0n) is 23.4. The summed E-state index contributed by atoms with van der Waals surface area (Å²) >= 11 is 0. The number of aromatic nitrogens is 2. The normalized spacial score (nSPS) is 14.8. The van der Waals surface area contributed by atoms with Gasteiger partial charge in [-0.3, -0.25) is 18.8 Å². The van der Waals surface area contributed by atoms with Gasteiger partial charge in [0.2, 0.25) is 0 Å². The molecule has 0 bridgehead atoms. The molecule has 1 saturated heterocycles.